The molecule has 2 N–H and O–H groups in total. The summed E-state index contributed by atoms with van der Waals surface area (Å²) < 4.78 is 5.04. The first kappa shape index (κ1) is 19.5. The van der Waals surface area contributed by atoms with Gasteiger partial charge in [-0.05, 0) is 37.5 Å². The quantitative estimate of drug-likeness (QED) is 0.297. The number of hydrogen-bond acceptors (Lipinski definition) is 2. The van der Waals surface area contributed by atoms with Gasteiger partial charge in [0.2, 0.25) is 0 Å². The molecule has 1 aromatic carbocycles. The zero-order valence-corrected chi connectivity index (χ0v) is 16.2. The lowest BCUT2D eigenvalue weighted by atomic mass is 10.1. The molecule has 22 heavy (non-hydrogen) atoms. The van der Waals surface area contributed by atoms with Crippen LogP contribution in [0.15, 0.2) is 29.3 Å². The van der Waals surface area contributed by atoms with Crippen LogP contribution in [-0.2, 0) is 4.74 Å². The fraction of sp³-hybridized carbons (Fsp3) is 0.562. The number of methoxy groups -OCH3 is 1. The molecule has 1 fully saturated rings. The molecule has 0 heterocycles. The molecule has 0 radical (unpaired) electrons. The second-order valence-corrected chi connectivity index (χ2v) is 5.69. The average molecular weight is 438 g/mol. The number of nitrogens with zero attached hydrogens (tertiary/aromatic N) is 1. The summed E-state index contributed by atoms with van der Waals surface area (Å²) in [5, 5.41) is 7.58. The minimum absolute atomic E-state index is 0. The minimum atomic E-state index is 0. The van der Waals surface area contributed by atoms with E-state index in [1.807, 2.05) is 12.1 Å². The molecule has 0 saturated heterocycles. The highest BCUT2D eigenvalue weighted by molar-refractivity contribution is 14.0. The second kappa shape index (κ2) is 10.3. The predicted molar refractivity (Wildman–Crippen MR) is 104 cm³/mol. The first-order valence-corrected chi connectivity index (χ1v) is 7.91. The Bertz CT molecular complexity index is 484. The Morgan fingerprint density at radius 2 is 2.27 bits per heavy atom. The number of halogens is 2. The first-order valence-electron chi connectivity index (χ1n) is 7.53. The Balaban J connectivity index is 0.00000242. The number of benzene rings is 1. The maximum atomic E-state index is 6.05. The topological polar surface area (TPSA) is 45.7 Å². The molecule has 0 aromatic heterocycles. The van der Waals surface area contributed by atoms with Crippen LogP contribution in [0.1, 0.15) is 31.2 Å². The van der Waals surface area contributed by atoms with Gasteiger partial charge >= 0.3 is 0 Å². The highest BCUT2D eigenvalue weighted by atomic mass is 127. The summed E-state index contributed by atoms with van der Waals surface area (Å²) >= 11 is 6.05. The Hall–Kier alpha value is -0.530. The van der Waals surface area contributed by atoms with Crippen LogP contribution in [0.4, 0.5) is 0 Å². The van der Waals surface area contributed by atoms with Gasteiger partial charge in [-0.3, -0.25) is 4.99 Å². The molecule has 2 atom stereocenters. The largest absolute Gasteiger partial charge is 0.385 e. The van der Waals surface area contributed by atoms with E-state index in [1.54, 1.807) is 7.11 Å². The lowest BCUT2D eigenvalue weighted by Crippen LogP contribution is -2.39. The monoisotopic (exact) mass is 437 g/mol. The summed E-state index contributed by atoms with van der Waals surface area (Å²) in [5.74, 6) is 1.43. The first-order chi connectivity index (χ1) is 10.2. The van der Waals surface area contributed by atoms with Gasteiger partial charge in [-0.2, -0.15) is 0 Å². The van der Waals surface area contributed by atoms with Gasteiger partial charge in [-0.15, -0.1) is 24.0 Å². The van der Waals surface area contributed by atoms with Crippen molar-refractivity contribution in [2.45, 2.75) is 31.7 Å². The number of guanidine groups is 1. The Labute approximate surface area is 155 Å². The van der Waals surface area contributed by atoms with Crippen molar-refractivity contribution >= 4 is 41.5 Å². The van der Waals surface area contributed by atoms with Gasteiger partial charge in [0.25, 0.3) is 0 Å². The minimum Gasteiger partial charge on any atom is -0.385 e. The standard InChI is InChI=1S/C16H24ClN3O.HI/c1-3-18-16(19-8-5-9-21-2)20-15-11-14(15)12-6-4-7-13(17)10-12;/h4,6-7,10,14-15H,3,5,8-9,11H2,1-2H3,(H2,18,19,20);1H. The van der Waals surface area contributed by atoms with Gasteiger partial charge in [0, 0.05) is 43.8 Å². The lowest BCUT2D eigenvalue weighted by Gasteiger charge is -2.11. The molecule has 0 spiro atoms. The van der Waals surface area contributed by atoms with Gasteiger partial charge in [0.05, 0.1) is 0 Å². The number of aliphatic imine (C=N–C) groups is 1. The Morgan fingerprint density at radius 1 is 1.45 bits per heavy atom. The van der Waals surface area contributed by atoms with Crippen LogP contribution in [0.3, 0.4) is 0 Å². The van der Waals surface area contributed by atoms with Crippen molar-refractivity contribution in [2.24, 2.45) is 4.99 Å². The van der Waals surface area contributed by atoms with Crippen LogP contribution in [0.5, 0.6) is 0 Å². The SMILES string of the molecule is CCNC(=NCCCOC)NC1CC1c1cccc(Cl)c1.I. The summed E-state index contributed by atoms with van der Waals surface area (Å²) in [7, 11) is 1.72. The molecule has 0 aliphatic heterocycles. The van der Waals surface area contributed by atoms with Gasteiger partial charge < -0.3 is 15.4 Å². The maximum Gasteiger partial charge on any atom is 0.191 e. The third-order valence-corrected chi connectivity index (χ3v) is 3.75. The molecule has 2 unspecified atom stereocenters. The molecule has 1 aliphatic rings. The van der Waals surface area contributed by atoms with Crippen molar-refractivity contribution in [3.8, 4) is 0 Å². The highest BCUT2D eigenvalue weighted by Gasteiger charge is 2.39. The summed E-state index contributed by atoms with van der Waals surface area (Å²) in [6.07, 6.45) is 2.07. The van der Waals surface area contributed by atoms with Crippen molar-refractivity contribution in [3.63, 3.8) is 0 Å². The third-order valence-electron chi connectivity index (χ3n) is 3.51. The van der Waals surface area contributed by atoms with Crippen molar-refractivity contribution in [3.05, 3.63) is 34.9 Å². The molecule has 4 nitrogen and oxygen atoms in total. The van der Waals surface area contributed by atoms with Gasteiger partial charge in [0.15, 0.2) is 5.96 Å². The van der Waals surface area contributed by atoms with E-state index in [4.69, 9.17) is 16.3 Å². The summed E-state index contributed by atoms with van der Waals surface area (Å²) in [4.78, 5) is 4.57. The van der Waals surface area contributed by atoms with Gasteiger partial charge in [-0.1, -0.05) is 23.7 Å². The fourth-order valence-electron chi connectivity index (χ4n) is 2.36. The molecular weight excluding hydrogens is 413 g/mol. The van der Waals surface area contributed by atoms with Gasteiger partial charge in [0.1, 0.15) is 0 Å². The normalized spacial score (nSPS) is 20.2. The van der Waals surface area contributed by atoms with E-state index < -0.39 is 0 Å². The van der Waals surface area contributed by atoms with Crippen LogP contribution < -0.4 is 10.6 Å². The third kappa shape index (κ3) is 6.30. The number of rotatable bonds is 7. The molecule has 124 valence electrons. The number of hydrogen-bond donors (Lipinski definition) is 2. The Morgan fingerprint density at radius 3 is 2.95 bits per heavy atom. The van der Waals surface area contributed by atoms with E-state index in [-0.39, 0.29) is 24.0 Å². The van der Waals surface area contributed by atoms with Crippen molar-refractivity contribution in [1.29, 1.82) is 0 Å². The average Bonchev–Trinajstić information content (AvgIpc) is 3.23. The summed E-state index contributed by atoms with van der Waals surface area (Å²) in [5.41, 5.74) is 1.30. The molecule has 1 saturated carbocycles. The summed E-state index contributed by atoms with van der Waals surface area (Å²) in [6, 6.07) is 8.56. The maximum absolute atomic E-state index is 6.05. The van der Waals surface area contributed by atoms with Crippen molar-refractivity contribution in [1.82, 2.24) is 10.6 Å². The smallest absolute Gasteiger partial charge is 0.191 e. The lowest BCUT2D eigenvalue weighted by molar-refractivity contribution is 0.197. The van der Waals surface area contributed by atoms with E-state index in [9.17, 15) is 0 Å². The van der Waals surface area contributed by atoms with Crippen LogP contribution in [0.2, 0.25) is 5.02 Å². The van der Waals surface area contributed by atoms with Crippen LogP contribution in [0, 0.1) is 0 Å². The fourth-order valence-corrected chi connectivity index (χ4v) is 2.55. The zero-order valence-electron chi connectivity index (χ0n) is 13.1. The highest BCUT2D eigenvalue weighted by Crippen LogP contribution is 2.41. The molecule has 1 aliphatic carbocycles. The zero-order chi connectivity index (χ0) is 15.1. The molecule has 2 rings (SSSR count). The second-order valence-electron chi connectivity index (χ2n) is 5.26. The number of ether oxygens (including phenoxy) is 1. The van der Waals surface area contributed by atoms with Gasteiger partial charge in [-0.25, -0.2) is 0 Å². The van der Waals surface area contributed by atoms with Crippen molar-refractivity contribution < 1.29 is 4.74 Å². The molecule has 1 aromatic rings. The van der Waals surface area contributed by atoms with Crippen molar-refractivity contribution in [2.75, 3.05) is 26.8 Å². The number of nitrogens with one attached hydrogen (secondary N) is 2. The molecule has 0 amide bonds. The van der Waals surface area contributed by atoms with E-state index >= 15 is 0 Å². The molecular formula is C16H25ClIN3O. The van der Waals surface area contributed by atoms with E-state index in [0.29, 0.717) is 12.0 Å². The van der Waals surface area contributed by atoms with Crippen LogP contribution in [0.25, 0.3) is 0 Å². The van der Waals surface area contributed by atoms with E-state index in [1.165, 1.54) is 5.56 Å². The van der Waals surface area contributed by atoms with E-state index in [2.05, 4.69) is 34.7 Å². The summed E-state index contributed by atoms with van der Waals surface area (Å²) in [6.45, 7) is 4.47. The molecule has 6 heteroatoms. The van der Waals surface area contributed by atoms with Crippen LogP contribution in [-0.4, -0.2) is 38.8 Å². The van der Waals surface area contributed by atoms with E-state index in [0.717, 1.165) is 43.5 Å². The Kier molecular flexibility index (Phi) is 9.12. The predicted octanol–water partition coefficient (Wildman–Crippen LogP) is 3.41. The van der Waals surface area contributed by atoms with Crippen LogP contribution >= 0.6 is 35.6 Å². The molecule has 0 bridgehead atoms.